The van der Waals surface area contributed by atoms with Gasteiger partial charge in [-0.3, -0.25) is 19.7 Å². The van der Waals surface area contributed by atoms with Crippen LogP contribution in [0.1, 0.15) is 10.4 Å². The molecule has 3 aromatic rings. The van der Waals surface area contributed by atoms with Gasteiger partial charge in [0.15, 0.2) is 12.4 Å². The number of hydrogen-bond acceptors (Lipinski definition) is 7. The molecule has 30 heavy (non-hydrogen) atoms. The Bertz CT molecular complexity index is 1080. The van der Waals surface area contributed by atoms with E-state index in [-0.39, 0.29) is 17.0 Å². The van der Waals surface area contributed by atoms with E-state index in [9.17, 15) is 19.7 Å². The van der Waals surface area contributed by atoms with Crippen molar-refractivity contribution in [3.63, 3.8) is 0 Å². The predicted octanol–water partition coefficient (Wildman–Crippen LogP) is 4.84. The highest BCUT2D eigenvalue weighted by Gasteiger charge is 2.17. The fourth-order valence-electron chi connectivity index (χ4n) is 2.43. The van der Waals surface area contributed by atoms with Crippen LogP contribution >= 0.6 is 0 Å². The number of ether oxygens (including phenoxy) is 1. The summed E-state index contributed by atoms with van der Waals surface area (Å²) in [4.78, 5) is 33.3. The second-order valence-electron chi connectivity index (χ2n) is 6.02. The Morgan fingerprint density at radius 1 is 1.00 bits per heavy atom. The summed E-state index contributed by atoms with van der Waals surface area (Å²) in [6.07, 6.45) is 0.493. The molecule has 0 radical (unpaired) electrons. The van der Waals surface area contributed by atoms with E-state index in [4.69, 9.17) is 4.74 Å². The Morgan fingerprint density at radius 2 is 1.67 bits per heavy atom. The number of amides is 1. The van der Waals surface area contributed by atoms with Crippen molar-refractivity contribution >= 4 is 34.9 Å². The molecule has 9 heteroatoms. The summed E-state index contributed by atoms with van der Waals surface area (Å²) in [6.45, 7) is -0.434. The first-order valence-corrected chi connectivity index (χ1v) is 8.78. The molecular formula is C21H16N4O5. The molecule has 9 nitrogen and oxygen atoms in total. The summed E-state index contributed by atoms with van der Waals surface area (Å²) in [5.74, 6) is -0.597. The number of nitrogens with zero attached hydrogens (tertiary/aromatic N) is 3. The highest BCUT2D eigenvalue weighted by Crippen LogP contribution is 2.27. The summed E-state index contributed by atoms with van der Waals surface area (Å²) in [6, 6.07) is 19.7. The fourth-order valence-corrected chi connectivity index (χ4v) is 2.43. The first-order valence-electron chi connectivity index (χ1n) is 8.78. The maximum atomic E-state index is 12.1. The van der Waals surface area contributed by atoms with Gasteiger partial charge < -0.3 is 10.1 Å². The fraction of sp³-hybridized carbons (Fsp3) is 0.0476. The summed E-state index contributed by atoms with van der Waals surface area (Å²) < 4.78 is 5.24. The maximum absolute atomic E-state index is 12.1. The Kier molecular flexibility index (Phi) is 6.57. The number of nitrogens with one attached hydrogen (secondary N) is 1. The molecule has 1 amide bonds. The minimum atomic E-state index is -0.678. The van der Waals surface area contributed by atoms with Crippen LogP contribution in [0.5, 0.6) is 5.75 Å². The lowest BCUT2D eigenvalue weighted by atomic mass is 10.2. The van der Waals surface area contributed by atoms with Crippen LogP contribution in [0.15, 0.2) is 83.0 Å². The molecule has 0 aliphatic carbocycles. The average Bonchev–Trinajstić information content (AvgIpc) is 2.77. The number of aldehydes is 1. The van der Waals surface area contributed by atoms with Crippen LogP contribution < -0.4 is 10.1 Å². The summed E-state index contributed by atoms with van der Waals surface area (Å²) in [5, 5.41) is 21.9. The van der Waals surface area contributed by atoms with Gasteiger partial charge in [-0.2, -0.15) is 10.2 Å². The van der Waals surface area contributed by atoms with Crippen LogP contribution in [0.25, 0.3) is 0 Å². The molecule has 0 bridgehead atoms. The van der Waals surface area contributed by atoms with Gasteiger partial charge in [0, 0.05) is 17.3 Å². The zero-order valence-corrected chi connectivity index (χ0v) is 15.6. The van der Waals surface area contributed by atoms with Crippen molar-refractivity contribution in [1.82, 2.24) is 0 Å². The van der Waals surface area contributed by atoms with Crippen molar-refractivity contribution in [3.8, 4) is 5.75 Å². The molecule has 0 aromatic heterocycles. The molecule has 150 valence electrons. The van der Waals surface area contributed by atoms with Crippen molar-refractivity contribution in [1.29, 1.82) is 0 Å². The van der Waals surface area contributed by atoms with Crippen molar-refractivity contribution in [2.75, 3.05) is 11.9 Å². The average molecular weight is 404 g/mol. The molecule has 0 aliphatic heterocycles. The van der Waals surface area contributed by atoms with E-state index in [0.29, 0.717) is 17.7 Å². The number of carbonyl (C=O) groups is 2. The largest absolute Gasteiger partial charge is 0.477 e. The molecule has 3 aromatic carbocycles. The second-order valence-corrected chi connectivity index (χ2v) is 6.02. The van der Waals surface area contributed by atoms with Crippen molar-refractivity contribution in [2.45, 2.75) is 0 Å². The first kappa shape index (κ1) is 20.3. The number of benzene rings is 3. The zero-order valence-electron chi connectivity index (χ0n) is 15.6. The molecule has 0 spiro atoms. The van der Waals surface area contributed by atoms with Gasteiger partial charge in [-0.05, 0) is 48.5 Å². The molecule has 0 aliphatic rings. The molecule has 0 fully saturated rings. The number of rotatable bonds is 8. The first-order chi connectivity index (χ1) is 14.5. The number of carbonyl (C=O) groups excluding carboxylic acids is 2. The molecule has 0 saturated heterocycles. The third-order valence-electron chi connectivity index (χ3n) is 3.86. The predicted molar refractivity (Wildman–Crippen MR) is 110 cm³/mol. The van der Waals surface area contributed by atoms with Gasteiger partial charge in [0.25, 0.3) is 5.91 Å². The van der Waals surface area contributed by atoms with Gasteiger partial charge in [-0.15, -0.1) is 0 Å². The molecule has 0 saturated carbocycles. The van der Waals surface area contributed by atoms with E-state index in [0.717, 1.165) is 11.8 Å². The minimum Gasteiger partial charge on any atom is -0.477 e. The van der Waals surface area contributed by atoms with Crippen LogP contribution in [-0.2, 0) is 4.79 Å². The van der Waals surface area contributed by atoms with Crippen LogP contribution in [-0.4, -0.2) is 23.7 Å². The number of azo groups is 1. The Balaban J connectivity index is 1.57. The molecule has 3 rings (SSSR count). The number of anilines is 1. The number of hydrogen-bond donors (Lipinski definition) is 1. The Hall–Kier alpha value is -4.40. The monoisotopic (exact) mass is 404 g/mol. The third-order valence-corrected chi connectivity index (χ3v) is 3.86. The quantitative estimate of drug-likeness (QED) is 0.249. The van der Waals surface area contributed by atoms with E-state index in [2.05, 4.69) is 15.5 Å². The second kappa shape index (κ2) is 9.69. The van der Waals surface area contributed by atoms with Crippen LogP contribution in [0.2, 0.25) is 0 Å². The number of nitro groups is 1. The topological polar surface area (TPSA) is 123 Å². The van der Waals surface area contributed by atoms with Crippen molar-refractivity contribution in [2.24, 2.45) is 10.2 Å². The van der Waals surface area contributed by atoms with Crippen molar-refractivity contribution in [3.05, 3.63) is 88.5 Å². The van der Waals surface area contributed by atoms with Crippen LogP contribution in [0.4, 0.5) is 22.7 Å². The minimum absolute atomic E-state index is 0.0996. The molecule has 1 N–H and O–H groups in total. The standard InChI is InChI=1S/C21H16N4O5/c26-13-15-6-11-20(19(12-15)25(28)29)30-14-21(27)22-16-7-9-18(10-8-16)24-23-17-4-2-1-3-5-17/h1-13H,14H2,(H,22,27). The lowest BCUT2D eigenvalue weighted by Crippen LogP contribution is -2.20. The van der Waals surface area contributed by atoms with E-state index < -0.39 is 17.4 Å². The van der Waals surface area contributed by atoms with Gasteiger partial charge in [-0.25, -0.2) is 0 Å². The Morgan fingerprint density at radius 3 is 2.30 bits per heavy atom. The van der Waals surface area contributed by atoms with E-state index in [1.54, 1.807) is 24.3 Å². The van der Waals surface area contributed by atoms with Crippen LogP contribution in [0, 0.1) is 10.1 Å². The van der Waals surface area contributed by atoms with E-state index in [1.165, 1.54) is 12.1 Å². The Labute approximate surface area is 171 Å². The van der Waals surface area contributed by atoms with Gasteiger partial charge in [0.1, 0.15) is 6.29 Å². The highest BCUT2D eigenvalue weighted by molar-refractivity contribution is 5.92. The molecule has 0 heterocycles. The summed E-state index contributed by atoms with van der Waals surface area (Å²) >= 11 is 0. The smallest absolute Gasteiger partial charge is 0.311 e. The zero-order chi connectivity index (χ0) is 21.3. The SMILES string of the molecule is O=Cc1ccc(OCC(=O)Nc2ccc(N=Nc3ccccc3)cc2)c([N+](=O)[O-])c1. The lowest BCUT2D eigenvalue weighted by Gasteiger charge is -2.08. The lowest BCUT2D eigenvalue weighted by molar-refractivity contribution is -0.385. The van der Waals surface area contributed by atoms with Gasteiger partial charge in [0.05, 0.1) is 16.3 Å². The van der Waals surface area contributed by atoms with Gasteiger partial charge >= 0.3 is 5.69 Å². The molecule has 0 atom stereocenters. The van der Waals surface area contributed by atoms with E-state index >= 15 is 0 Å². The van der Waals surface area contributed by atoms with Gasteiger partial charge in [-0.1, -0.05) is 18.2 Å². The number of nitro benzene ring substituents is 1. The summed E-state index contributed by atoms with van der Waals surface area (Å²) in [5.41, 5.74) is 1.60. The third kappa shape index (κ3) is 5.55. The summed E-state index contributed by atoms with van der Waals surface area (Å²) in [7, 11) is 0. The van der Waals surface area contributed by atoms with Crippen molar-refractivity contribution < 1.29 is 19.2 Å². The van der Waals surface area contributed by atoms with Gasteiger partial charge in [0.2, 0.25) is 0 Å². The maximum Gasteiger partial charge on any atom is 0.311 e. The normalized spacial score (nSPS) is 10.5. The van der Waals surface area contributed by atoms with E-state index in [1.807, 2.05) is 30.3 Å². The molecule has 0 unspecified atom stereocenters. The van der Waals surface area contributed by atoms with Crippen LogP contribution in [0.3, 0.4) is 0 Å². The highest BCUT2D eigenvalue weighted by atomic mass is 16.6. The molecular weight excluding hydrogens is 388 g/mol.